The molecule has 0 heterocycles. The fraction of sp³-hybridized carbons (Fsp3) is 0.235. The maximum Gasteiger partial charge on any atom is 0.339 e. The zero-order chi connectivity index (χ0) is 17.7. The lowest BCUT2D eigenvalue weighted by Gasteiger charge is -2.08. The van der Waals surface area contributed by atoms with Gasteiger partial charge in [0.25, 0.3) is 0 Å². The summed E-state index contributed by atoms with van der Waals surface area (Å²) in [5, 5.41) is 12.1. The molecule has 2 N–H and O–H groups in total. The summed E-state index contributed by atoms with van der Waals surface area (Å²) in [6, 6.07) is 12.0. The molecule has 0 aliphatic rings. The van der Waals surface area contributed by atoms with Crippen LogP contribution < -0.4 is 14.9 Å². The van der Waals surface area contributed by atoms with Gasteiger partial charge in [-0.3, -0.25) is 4.79 Å². The van der Waals surface area contributed by atoms with Crippen molar-refractivity contribution in [1.82, 2.24) is 0 Å². The second-order valence-corrected chi connectivity index (χ2v) is 6.95. The maximum absolute atomic E-state index is 12.4. The van der Waals surface area contributed by atoms with Crippen molar-refractivity contribution in [3.63, 3.8) is 0 Å². The van der Waals surface area contributed by atoms with Gasteiger partial charge in [-0.05, 0) is 38.1 Å². The first kappa shape index (κ1) is 18.0. The summed E-state index contributed by atoms with van der Waals surface area (Å²) >= 11 is 0. The summed E-state index contributed by atoms with van der Waals surface area (Å²) in [4.78, 5) is 12.4. The van der Waals surface area contributed by atoms with Gasteiger partial charge in [0, 0.05) is 6.54 Å². The topological polar surface area (TPSA) is 92.7 Å². The van der Waals surface area contributed by atoms with Crippen LogP contribution in [0.15, 0.2) is 58.2 Å². The smallest absolute Gasteiger partial charge is 0.339 e. The van der Waals surface area contributed by atoms with E-state index in [1.54, 1.807) is 25.1 Å². The summed E-state index contributed by atoms with van der Waals surface area (Å²) in [6.45, 7) is 3.56. The molecule has 0 aliphatic heterocycles. The van der Waals surface area contributed by atoms with Crippen LogP contribution in [-0.4, -0.2) is 26.2 Å². The van der Waals surface area contributed by atoms with Gasteiger partial charge in [0.05, 0.1) is 11.8 Å². The summed E-state index contributed by atoms with van der Waals surface area (Å²) in [6.07, 6.45) is -0.657. The van der Waals surface area contributed by atoms with Gasteiger partial charge in [0.2, 0.25) is 5.43 Å². The number of rotatable bonds is 6. The molecular formula is C17H19NO5S. The first-order chi connectivity index (χ1) is 11.3. The molecule has 0 amide bonds. The highest BCUT2D eigenvalue weighted by atomic mass is 32.2. The van der Waals surface area contributed by atoms with Gasteiger partial charge < -0.3 is 14.6 Å². The highest BCUT2D eigenvalue weighted by molar-refractivity contribution is 7.87. The molecule has 0 radical (unpaired) electrons. The van der Waals surface area contributed by atoms with Crippen molar-refractivity contribution in [2.24, 2.45) is 0 Å². The van der Waals surface area contributed by atoms with Gasteiger partial charge in [-0.25, -0.2) is 0 Å². The Morgan fingerprint density at radius 1 is 1.12 bits per heavy atom. The van der Waals surface area contributed by atoms with Gasteiger partial charge >= 0.3 is 10.1 Å². The van der Waals surface area contributed by atoms with Crippen molar-refractivity contribution >= 4 is 15.8 Å². The first-order valence-corrected chi connectivity index (χ1v) is 8.77. The molecule has 0 saturated carbocycles. The molecule has 24 heavy (non-hydrogen) atoms. The molecule has 0 saturated heterocycles. The maximum atomic E-state index is 12.4. The Kier molecular flexibility index (Phi) is 5.58. The van der Waals surface area contributed by atoms with E-state index in [9.17, 15) is 18.3 Å². The fourth-order valence-electron chi connectivity index (χ4n) is 1.91. The largest absolute Gasteiger partial charge is 0.392 e. The summed E-state index contributed by atoms with van der Waals surface area (Å²) in [7, 11) is -4.11. The van der Waals surface area contributed by atoms with E-state index >= 15 is 0 Å². The summed E-state index contributed by atoms with van der Waals surface area (Å²) in [5.41, 5.74) is 0.459. The molecule has 0 spiro atoms. The molecular weight excluding hydrogens is 330 g/mol. The number of nitrogens with one attached hydrogen (secondary N) is 1. The number of aliphatic hydroxyl groups excluding tert-OH is 1. The lowest BCUT2D eigenvalue weighted by Crippen LogP contribution is -2.21. The van der Waals surface area contributed by atoms with Crippen LogP contribution in [0.25, 0.3) is 0 Å². The molecule has 6 nitrogen and oxygen atoms in total. The van der Waals surface area contributed by atoms with Crippen LogP contribution in [0.4, 0.5) is 5.69 Å². The van der Waals surface area contributed by atoms with Crippen LogP contribution in [0.5, 0.6) is 5.75 Å². The average molecular weight is 349 g/mol. The van der Waals surface area contributed by atoms with Crippen LogP contribution in [0, 0.1) is 6.92 Å². The second-order valence-electron chi connectivity index (χ2n) is 5.41. The minimum Gasteiger partial charge on any atom is -0.392 e. The standard InChI is InChI=1S/C17H19NO5S/c1-12-7-9-14(10-8-12)24(21,22)23-16-6-4-3-5-15(17(16)20)18-11-13(2)19/h3-10,13,19H,11H2,1-2H3,(H,18,20). The lowest BCUT2D eigenvalue weighted by molar-refractivity contribution is 0.208. The number of benzene rings is 1. The molecule has 0 aromatic heterocycles. The Bertz CT molecular complexity index is 861. The molecule has 2 rings (SSSR count). The molecule has 0 bridgehead atoms. The van der Waals surface area contributed by atoms with E-state index in [0.717, 1.165) is 5.56 Å². The van der Waals surface area contributed by atoms with Crippen molar-refractivity contribution in [3.05, 3.63) is 64.3 Å². The number of aliphatic hydroxyl groups is 1. The van der Waals surface area contributed by atoms with Gasteiger partial charge in [-0.2, -0.15) is 8.42 Å². The number of hydrogen-bond donors (Lipinski definition) is 2. The SMILES string of the molecule is Cc1ccc(S(=O)(=O)Oc2ccccc(NCC(C)O)c2=O)cc1. The Balaban J connectivity index is 2.35. The van der Waals surface area contributed by atoms with Gasteiger partial charge in [-0.15, -0.1) is 0 Å². The van der Waals surface area contributed by atoms with E-state index in [1.165, 1.54) is 30.3 Å². The highest BCUT2D eigenvalue weighted by Gasteiger charge is 2.18. The van der Waals surface area contributed by atoms with E-state index < -0.39 is 21.7 Å². The van der Waals surface area contributed by atoms with E-state index in [4.69, 9.17) is 4.18 Å². The Morgan fingerprint density at radius 2 is 1.75 bits per heavy atom. The molecule has 1 atom stereocenters. The predicted molar refractivity (Wildman–Crippen MR) is 91.9 cm³/mol. The van der Waals surface area contributed by atoms with Gasteiger partial charge in [0.15, 0.2) is 5.75 Å². The number of hydrogen-bond acceptors (Lipinski definition) is 6. The molecule has 2 aromatic carbocycles. The quantitative estimate of drug-likeness (QED) is 0.774. The zero-order valence-electron chi connectivity index (χ0n) is 13.4. The first-order valence-electron chi connectivity index (χ1n) is 7.36. The summed E-state index contributed by atoms with van der Waals surface area (Å²) in [5.74, 6) is -0.311. The minimum absolute atomic E-state index is 0.0301. The van der Waals surface area contributed by atoms with Crippen molar-refractivity contribution < 1.29 is 17.7 Å². The zero-order valence-corrected chi connectivity index (χ0v) is 14.2. The molecule has 1 unspecified atom stereocenters. The van der Waals surface area contributed by atoms with E-state index in [1.807, 2.05) is 6.92 Å². The monoisotopic (exact) mass is 349 g/mol. The number of aryl methyl sites for hydroxylation is 1. The van der Waals surface area contributed by atoms with Crippen LogP contribution in [-0.2, 0) is 10.1 Å². The third kappa shape index (κ3) is 4.56. The van der Waals surface area contributed by atoms with Crippen LogP contribution in [0.1, 0.15) is 12.5 Å². The highest BCUT2D eigenvalue weighted by Crippen LogP contribution is 2.17. The van der Waals surface area contributed by atoms with E-state index in [0.29, 0.717) is 0 Å². The van der Waals surface area contributed by atoms with Gasteiger partial charge in [-0.1, -0.05) is 29.8 Å². The molecule has 128 valence electrons. The fourth-order valence-corrected chi connectivity index (χ4v) is 2.85. The van der Waals surface area contributed by atoms with Crippen molar-refractivity contribution in [2.45, 2.75) is 24.8 Å². The van der Waals surface area contributed by atoms with Crippen molar-refractivity contribution in [3.8, 4) is 5.75 Å². The van der Waals surface area contributed by atoms with Crippen LogP contribution in [0.3, 0.4) is 0 Å². The third-order valence-corrected chi connectivity index (χ3v) is 4.44. The normalized spacial score (nSPS) is 12.5. The third-order valence-electron chi connectivity index (χ3n) is 3.19. The van der Waals surface area contributed by atoms with Crippen LogP contribution in [0.2, 0.25) is 0 Å². The summed E-state index contributed by atoms with van der Waals surface area (Å²) < 4.78 is 29.7. The van der Waals surface area contributed by atoms with Crippen molar-refractivity contribution in [2.75, 3.05) is 11.9 Å². The molecule has 7 heteroatoms. The number of anilines is 1. The Labute approximate surface area is 140 Å². The average Bonchev–Trinajstić information content (AvgIpc) is 2.68. The van der Waals surface area contributed by atoms with Crippen LogP contribution >= 0.6 is 0 Å². The molecule has 0 fully saturated rings. The molecule has 0 aliphatic carbocycles. The predicted octanol–water partition coefficient (Wildman–Crippen LogP) is 1.92. The van der Waals surface area contributed by atoms with Crippen molar-refractivity contribution in [1.29, 1.82) is 0 Å². The Morgan fingerprint density at radius 3 is 2.38 bits per heavy atom. The Hall–Kier alpha value is -2.38. The van der Waals surface area contributed by atoms with E-state index in [2.05, 4.69) is 5.32 Å². The lowest BCUT2D eigenvalue weighted by atomic mass is 10.2. The second kappa shape index (κ2) is 7.46. The van der Waals surface area contributed by atoms with Gasteiger partial charge in [0.1, 0.15) is 4.90 Å². The minimum atomic E-state index is -4.11. The molecule has 2 aromatic rings. The van der Waals surface area contributed by atoms with E-state index in [-0.39, 0.29) is 22.9 Å².